The third kappa shape index (κ3) is 4.91. The highest BCUT2D eigenvalue weighted by Gasteiger charge is 2.29. The fourth-order valence-electron chi connectivity index (χ4n) is 3.88. The van der Waals surface area contributed by atoms with Crippen molar-refractivity contribution in [2.75, 3.05) is 26.2 Å². The molecule has 0 spiro atoms. The van der Waals surface area contributed by atoms with Gasteiger partial charge in [0.25, 0.3) is 5.91 Å². The molecule has 0 unspecified atom stereocenters. The standard InChI is InChI=1S/C20H29N3O4S/c1-16(24)22-11-13-23(14-12-22)28(26,27)19-10-6-7-17(15-19)20(25)21-18-8-4-2-3-5-9-18/h6-7,10,15,18H,2-5,8-9,11-14H2,1H3,(H,21,25). The van der Waals surface area contributed by atoms with Crippen molar-refractivity contribution in [1.82, 2.24) is 14.5 Å². The Morgan fingerprint density at radius 1 is 1.00 bits per heavy atom. The first-order chi connectivity index (χ1) is 13.4. The van der Waals surface area contributed by atoms with Gasteiger partial charge in [-0.05, 0) is 31.0 Å². The van der Waals surface area contributed by atoms with Crippen LogP contribution in [0.25, 0.3) is 0 Å². The van der Waals surface area contributed by atoms with Gasteiger partial charge in [0.2, 0.25) is 15.9 Å². The van der Waals surface area contributed by atoms with Crippen molar-refractivity contribution < 1.29 is 18.0 Å². The maximum Gasteiger partial charge on any atom is 0.251 e. The van der Waals surface area contributed by atoms with Crippen LogP contribution in [-0.4, -0.2) is 61.7 Å². The summed E-state index contributed by atoms with van der Waals surface area (Å²) in [7, 11) is -3.69. The van der Waals surface area contributed by atoms with E-state index in [0.29, 0.717) is 18.7 Å². The highest BCUT2D eigenvalue weighted by molar-refractivity contribution is 7.89. The largest absolute Gasteiger partial charge is 0.349 e. The predicted octanol–water partition coefficient (Wildman–Crippen LogP) is 1.99. The van der Waals surface area contributed by atoms with E-state index >= 15 is 0 Å². The van der Waals surface area contributed by atoms with Crippen LogP contribution in [0.15, 0.2) is 29.2 Å². The molecule has 2 aliphatic rings. The first-order valence-corrected chi connectivity index (χ1v) is 11.5. The second-order valence-corrected chi connectivity index (χ2v) is 9.54. The van der Waals surface area contributed by atoms with Crippen molar-refractivity contribution in [2.45, 2.75) is 56.4 Å². The lowest BCUT2D eigenvalue weighted by Crippen LogP contribution is -2.49. The molecule has 1 N–H and O–H groups in total. The van der Waals surface area contributed by atoms with E-state index in [9.17, 15) is 18.0 Å². The Bertz CT molecular complexity index is 808. The van der Waals surface area contributed by atoms with Crippen LogP contribution in [0.5, 0.6) is 0 Å². The highest BCUT2D eigenvalue weighted by Crippen LogP contribution is 2.21. The van der Waals surface area contributed by atoms with Crippen LogP contribution in [0.3, 0.4) is 0 Å². The number of sulfonamides is 1. The number of amides is 2. The zero-order chi connectivity index (χ0) is 20.1. The number of benzene rings is 1. The molecule has 0 bridgehead atoms. The molecule has 1 aliphatic heterocycles. The molecular weight excluding hydrogens is 378 g/mol. The minimum Gasteiger partial charge on any atom is -0.349 e. The summed E-state index contributed by atoms with van der Waals surface area (Å²) in [6.07, 6.45) is 6.60. The van der Waals surface area contributed by atoms with E-state index < -0.39 is 10.0 Å². The SMILES string of the molecule is CC(=O)N1CCN(S(=O)(=O)c2cccc(C(=O)NC3CCCCCC3)c2)CC1. The number of rotatable bonds is 4. The summed E-state index contributed by atoms with van der Waals surface area (Å²) in [6.45, 7) is 2.79. The van der Waals surface area contributed by atoms with Crippen molar-refractivity contribution in [3.05, 3.63) is 29.8 Å². The average Bonchev–Trinajstić information content (AvgIpc) is 2.97. The first-order valence-electron chi connectivity index (χ1n) is 10.0. The zero-order valence-electron chi connectivity index (χ0n) is 16.4. The lowest BCUT2D eigenvalue weighted by molar-refractivity contribution is -0.129. The molecule has 3 rings (SSSR count). The molecule has 2 fully saturated rings. The third-order valence-electron chi connectivity index (χ3n) is 5.61. The van der Waals surface area contributed by atoms with Crippen molar-refractivity contribution in [2.24, 2.45) is 0 Å². The quantitative estimate of drug-likeness (QED) is 0.774. The van der Waals surface area contributed by atoms with Crippen LogP contribution >= 0.6 is 0 Å². The molecule has 2 amide bonds. The summed E-state index contributed by atoms with van der Waals surface area (Å²) in [5.74, 6) is -0.264. The van der Waals surface area contributed by atoms with E-state index in [1.807, 2.05) is 0 Å². The second kappa shape index (κ2) is 9.05. The van der Waals surface area contributed by atoms with Crippen LogP contribution in [0.4, 0.5) is 0 Å². The van der Waals surface area contributed by atoms with E-state index in [4.69, 9.17) is 0 Å². The summed E-state index contributed by atoms with van der Waals surface area (Å²) in [5, 5.41) is 3.06. The van der Waals surface area contributed by atoms with Gasteiger partial charge in [-0.25, -0.2) is 8.42 Å². The summed E-state index contributed by atoms with van der Waals surface area (Å²) in [5.41, 5.74) is 0.368. The van der Waals surface area contributed by atoms with Gasteiger partial charge in [-0.15, -0.1) is 0 Å². The number of hydrogen-bond acceptors (Lipinski definition) is 4. The number of nitrogens with zero attached hydrogens (tertiary/aromatic N) is 2. The summed E-state index contributed by atoms with van der Waals surface area (Å²) >= 11 is 0. The summed E-state index contributed by atoms with van der Waals surface area (Å²) in [6, 6.07) is 6.41. The molecule has 154 valence electrons. The van der Waals surface area contributed by atoms with E-state index in [1.54, 1.807) is 17.0 Å². The summed E-state index contributed by atoms with van der Waals surface area (Å²) < 4.78 is 27.3. The predicted molar refractivity (Wildman–Crippen MR) is 106 cm³/mol. The fourth-order valence-corrected chi connectivity index (χ4v) is 5.35. The topological polar surface area (TPSA) is 86.8 Å². The van der Waals surface area contributed by atoms with Crippen molar-refractivity contribution in [1.29, 1.82) is 0 Å². The van der Waals surface area contributed by atoms with Gasteiger partial charge in [0.05, 0.1) is 4.90 Å². The minimum atomic E-state index is -3.69. The molecule has 7 nitrogen and oxygen atoms in total. The van der Waals surface area contributed by atoms with Gasteiger partial charge in [-0.1, -0.05) is 31.7 Å². The van der Waals surface area contributed by atoms with E-state index in [0.717, 1.165) is 25.7 Å². The van der Waals surface area contributed by atoms with Crippen LogP contribution in [-0.2, 0) is 14.8 Å². The third-order valence-corrected chi connectivity index (χ3v) is 7.50. The average molecular weight is 408 g/mol. The number of piperazine rings is 1. The van der Waals surface area contributed by atoms with Crippen molar-refractivity contribution >= 4 is 21.8 Å². The number of nitrogens with one attached hydrogen (secondary N) is 1. The monoisotopic (exact) mass is 407 g/mol. The van der Waals surface area contributed by atoms with Gasteiger partial charge in [0.1, 0.15) is 0 Å². The molecule has 1 aromatic rings. The molecule has 0 atom stereocenters. The normalized spacial score (nSPS) is 19.8. The van der Waals surface area contributed by atoms with E-state index in [-0.39, 0.29) is 35.8 Å². The summed E-state index contributed by atoms with van der Waals surface area (Å²) in [4.78, 5) is 25.8. The minimum absolute atomic E-state index is 0.0470. The highest BCUT2D eigenvalue weighted by atomic mass is 32.2. The second-order valence-electron chi connectivity index (χ2n) is 7.60. The number of carbonyl (C=O) groups excluding carboxylic acids is 2. The fraction of sp³-hybridized carbons (Fsp3) is 0.600. The van der Waals surface area contributed by atoms with Gasteiger partial charge in [0, 0.05) is 44.7 Å². The smallest absolute Gasteiger partial charge is 0.251 e. The molecule has 1 saturated heterocycles. The molecule has 0 radical (unpaired) electrons. The molecule has 28 heavy (non-hydrogen) atoms. The maximum atomic E-state index is 13.0. The Morgan fingerprint density at radius 2 is 1.64 bits per heavy atom. The first kappa shape index (κ1) is 20.8. The maximum absolute atomic E-state index is 13.0. The molecule has 8 heteroatoms. The lowest BCUT2D eigenvalue weighted by atomic mass is 10.1. The van der Waals surface area contributed by atoms with E-state index in [1.165, 1.54) is 36.2 Å². The van der Waals surface area contributed by atoms with Crippen molar-refractivity contribution in [3.8, 4) is 0 Å². The van der Waals surface area contributed by atoms with Crippen LogP contribution in [0, 0.1) is 0 Å². The van der Waals surface area contributed by atoms with Gasteiger partial charge in [-0.3, -0.25) is 9.59 Å². The van der Waals surface area contributed by atoms with E-state index in [2.05, 4.69) is 5.32 Å². The molecule has 0 aromatic heterocycles. The Kier molecular flexibility index (Phi) is 6.72. The molecule has 1 aromatic carbocycles. The lowest BCUT2D eigenvalue weighted by Gasteiger charge is -2.33. The van der Waals surface area contributed by atoms with Gasteiger partial charge in [-0.2, -0.15) is 4.31 Å². The zero-order valence-corrected chi connectivity index (χ0v) is 17.2. The molecule has 1 saturated carbocycles. The Labute approximate surface area is 167 Å². The Hall–Kier alpha value is -1.93. The Balaban J connectivity index is 1.69. The van der Waals surface area contributed by atoms with Crippen LogP contribution in [0.2, 0.25) is 0 Å². The molecule has 1 aliphatic carbocycles. The molecular formula is C20H29N3O4S. The van der Waals surface area contributed by atoms with Gasteiger partial charge in [0.15, 0.2) is 0 Å². The Morgan fingerprint density at radius 3 is 2.25 bits per heavy atom. The molecule has 1 heterocycles. The van der Waals surface area contributed by atoms with Crippen LogP contribution in [0.1, 0.15) is 55.8 Å². The van der Waals surface area contributed by atoms with Crippen LogP contribution < -0.4 is 5.32 Å². The number of hydrogen-bond donors (Lipinski definition) is 1. The van der Waals surface area contributed by atoms with Crippen molar-refractivity contribution in [3.63, 3.8) is 0 Å². The number of carbonyl (C=O) groups is 2. The van der Waals surface area contributed by atoms with Gasteiger partial charge < -0.3 is 10.2 Å². The van der Waals surface area contributed by atoms with Gasteiger partial charge >= 0.3 is 0 Å².